The van der Waals surface area contributed by atoms with Crippen LogP contribution in [-0.2, 0) is 11.3 Å². The summed E-state index contributed by atoms with van der Waals surface area (Å²) in [4.78, 5) is 17.5. The Kier molecular flexibility index (Phi) is 5.80. The number of nitrogens with zero attached hydrogens (tertiary/aromatic N) is 2. The first-order chi connectivity index (χ1) is 14.7. The Morgan fingerprint density at radius 3 is 2.73 bits per heavy atom. The molecule has 0 radical (unpaired) electrons. The van der Waals surface area contributed by atoms with Crippen LogP contribution in [0, 0.1) is 6.92 Å². The van der Waals surface area contributed by atoms with E-state index in [1.54, 1.807) is 7.11 Å². The Labute approximate surface area is 176 Å². The molecule has 1 amide bonds. The van der Waals surface area contributed by atoms with E-state index in [9.17, 15) is 4.79 Å². The van der Waals surface area contributed by atoms with Crippen LogP contribution in [0.5, 0.6) is 5.75 Å². The third-order valence-corrected chi connectivity index (χ3v) is 5.33. The summed E-state index contributed by atoms with van der Waals surface area (Å²) < 4.78 is 7.49. The normalized spacial score (nSPS) is 11.9. The number of methoxy groups -OCH3 is 1. The van der Waals surface area contributed by atoms with Gasteiger partial charge in [0.15, 0.2) is 0 Å². The molecule has 4 rings (SSSR count). The predicted octanol–water partition coefficient (Wildman–Crippen LogP) is 4.49. The third-order valence-electron chi connectivity index (χ3n) is 5.33. The van der Waals surface area contributed by atoms with Gasteiger partial charge in [-0.25, -0.2) is 4.98 Å². The molecular formula is C25H25N3O2. The van der Waals surface area contributed by atoms with Crippen molar-refractivity contribution < 1.29 is 9.53 Å². The van der Waals surface area contributed by atoms with Crippen LogP contribution in [0.15, 0.2) is 79.1 Å². The van der Waals surface area contributed by atoms with Crippen LogP contribution >= 0.6 is 0 Å². The SMILES string of the molecule is COc1cccc(C(CC(=O)NCc2ccccc2)c2cnc3c(C)cccn23)c1. The smallest absolute Gasteiger partial charge is 0.221 e. The van der Waals surface area contributed by atoms with E-state index in [0.717, 1.165) is 33.8 Å². The summed E-state index contributed by atoms with van der Waals surface area (Å²) in [7, 11) is 1.65. The number of rotatable bonds is 7. The Bertz CT molecular complexity index is 1150. The number of carbonyl (C=O) groups excluding carboxylic acids is 1. The van der Waals surface area contributed by atoms with Crippen molar-refractivity contribution in [3.8, 4) is 5.75 Å². The minimum absolute atomic E-state index is 0.00530. The average Bonchev–Trinajstić information content (AvgIpc) is 3.22. The standard InChI is InChI=1S/C25H25N3O2/c1-18-8-7-13-28-23(17-27-25(18)28)22(20-11-6-12-21(14-20)30-2)15-24(29)26-16-19-9-4-3-5-10-19/h3-14,17,22H,15-16H2,1-2H3,(H,26,29). The van der Waals surface area contributed by atoms with Crippen LogP contribution in [0.2, 0.25) is 0 Å². The van der Waals surface area contributed by atoms with E-state index in [1.165, 1.54) is 0 Å². The largest absolute Gasteiger partial charge is 0.497 e. The van der Waals surface area contributed by atoms with Gasteiger partial charge in [0.05, 0.1) is 12.8 Å². The first-order valence-electron chi connectivity index (χ1n) is 10.0. The number of benzene rings is 2. The molecule has 2 aromatic carbocycles. The van der Waals surface area contributed by atoms with Crippen LogP contribution < -0.4 is 10.1 Å². The molecule has 0 aliphatic heterocycles. The molecule has 2 heterocycles. The lowest BCUT2D eigenvalue weighted by Crippen LogP contribution is -2.25. The quantitative estimate of drug-likeness (QED) is 0.498. The number of aromatic nitrogens is 2. The number of hydrogen-bond acceptors (Lipinski definition) is 3. The fourth-order valence-corrected chi connectivity index (χ4v) is 3.73. The number of pyridine rings is 1. The molecule has 0 fully saturated rings. The minimum atomic E-state index is -0.146. The highest BCUT2D eigenvalue weighted by Gasteiger charge is 2.22. The van der Waals surface area contributed by atoms with E-state index >= 15 is 0 Å². The van der Waals surface area contributed by atoms with Crippen LogP contribution in [0.4, 0.5) is 0 Å². The van der Waals surface area contributed by atoms with Crippen LogP contribution in [0.25, 0.3) is 5.65 Å². The van der Waals surface area contributed by atoms with Gasteiger partial charge in [-0.05, 0) is 41.8 Å². The first-order valence-corrected chi connectivity index (χ1v) is 10.0. The number of ether oxygens (including phenoxy) is 1. The first kappa shape index (κ1) is 19.7. The Hall–Kier alpha value is -3.60. The van der Waals surface area contributed by atoms with Gasteiger partial charge in [0.1, 0.15) is 11.4 Å². The zero-order chi connectivity index (χ0) is 20.9. The number of amides is 1. The molecule has 0 spiro atoms. The molecule has 0 saturated carbocycles. The van der Waals surface area contributed by atoms with Gasteiger partial charge in [-0.2, -0.15) is 0 Å². The second kappa shape index (κ2) is 8.82. The van der Waals surface area contributed by atoms with Gasteiger partial charge in [0.25, 0.3) is 0 Å². The van der Waals surface area contributed by atoms with E-state index < -0.39 is 0 Å². The van der Waals surface area contributed by atoms with Gasteiger partial charge in [0.2, 0.25) is 5.91 Å². The van der Waals surface area contributed by atoms with Crippen molar-refractivity contribution in [2.75, 3.05) is 7.11 Å². The Morgan fingerprint density at radius 1 is 1.10 bits per heavy atom. The molecule has 5 heteroatoms. The van der Waals surface area contributed by atoms with Crippen molar-refractivity contribution in [2.24, 2.45) is 0 Å². The predicted molar refractivity (Wildman–Crippen MR) is 118 cm³/mol. The molecule has 0 saturated heterocycles. The van der Waals surface area contributed by atoms with Crippen LogP contribution in [0.1, 0.15) is 34.7 Å². The number of imidazole rings is 1. The number of aryl methyl sites for hydroxylation is 1. The Balaban J connectivity index is 1.65. The topological polar surface area (TPSA) is 55.6 Å². The Morgan fingerprint density at radius 2 is 1.93 bits per heavy atom. The molecule has 2 aromatic heterocycles. The second-order valence-corrected chi connectivity index (χ2v) is 7.36. The summed E-state index contributed by atoms with van der Waals surface area (Å²) in [6.45, 7) is 2.55. The summed E-state index contributed by atoms with van der Waals surface area (Å²) in [6.07, 6.45) is 4.19. The van der Waals surface area contributed by atoms with Crippen molar-refractivity contribution >= 4 is 11.6 Å². The van der Waals surface area contributed by atoms with Gasteiger partial charge >= 0.3 is 0 Å². The van der Waals surface area contributed by atoms with E-state index in [-0.39, 0.29) is 11.8 Å². The monoisotopic (exact) mass is 399 g/mol. The highest BCUT2D eigenvalue weighted by molar-refractivity contribution is 5.77. The van der Waals surface area contributed by atoms with Gasteiger partial charge in [-0.1, -0.05) is 48.5 Å². The summed E-state index contributed by atoms with van der Waals surface area (Å²) in [6, 6.07) is 21.9. The molecule has 30 heavy (non-hydrogen) atoms. The highest BCUT2D eigenvalue weighted by atomic mass is 16.5. The summed E-state index contributed by atoms with van der Waals surface area (Å²) in [5.41, 5.74) is 5.09. The lowest BCUT2D eigenvalue weighted by atomic mass is 9.92. The highest BCUT2D eigenvalue weighted by Crippen LogP contribution is 2.31. The van der Waals surface area contributed by atoms with Gasteiger partial charge in [-0.15, -0.1) is 0 Å². The van der Waals surface area contributed by atoms with E-state index in [1.807, 2.05) is 86.0 Å². The lowest BCUT2D eigenvalue weighted by Gasteiger charge is -2.18. The van der Waals surface area contributed by atoms with E-state index in [0.29, 0.717) is 13.0 Å². The average molecular weight is 399 g/mol. The van der Waals surface area contributed by atoms with Gasteiger partial charge < -0.3 is 14.5 Å². The van der Waals surface area contributed by atoms with Crippen LogP contribution in [-0.4, -0.2) is 22.4 Å². The van der Waals surface area contributed by atoms with Crippen molar-refractivity contribution in [3.63, 3.8) is 0 Å². The molecule has 1 unspecified atom stereocenters. The summed E-state index contributed by atoms with van der Waals surface area (Å²) in [5, 5.41) is 3.05. The summed E-state index contributed by atoms with van der Waals surface area (Å²) >= 11 is 0. The van der Waals surface area contributed by atoms with Crippen molar-refractivity contribution in [1.82, 2.24) is 14.7 Å². The maximum Gasteiger partial charge on any atom is 0.221 e. The molecule has 152 valence electrons. The minimum Gasteiger partial charge on any atom is -0.497 e. The summed E-state index contributed by atoms with van der Waals surface area (Å²) in [5.74, 6) is 0.620. The maximum absolute atomic E-state index is 12.9. The lowest BCUT2D eigenvalue weighted by molar-refractivity contribution is -0.121. The van der Waals surface area contributed by atoms with Gasteiger partial charge in [-0.3, -0.25) is 4.79 Å². The molecule has 0 aliphatic rings. The zero-order valence-corrected chi connectivity index (χ0v) is 17.2. The van der Waals surface area contributed by atoms with Crippen molar-refractivity contribution in [3.05, 3.63) is 102 Å². The molecular weight excluding hydrogens is 374 g/mol. The molecule has 1 atom stereocenters. The third kappa shape index (κ3) is 4.20. The molecule has 0 bridgehead atoms. The van der Waals surface area contributed by atoms with Crippen LogP contribution in [0.3, 0.4) is 0 Å². The second-order valence-electron chi connectivity index (χ2n) is 7.36. The maximum atomic E-state index is 12.9. The van der Waals surface area contributed by atoms with Gasteiger partial charge in [0, 0.05) is 31.3 Å². The number of nitrogens with one attached hydrogen (secondary N) is 1. The van der Waals surface area contributed by atoms with Crippen molar-refractivity contribution in [2.45, 2.75) is 25.8 Å². The fourth-order valence-electron chi connectivity index (χ4n) is 3.73. The van der Waals surface area contributed by atoms with E-state index in [4.69, 9.17) is 4.74 Å². The van der Waals surface area contributed by atoms with Crippen molar-refractivity contribution in [1.29, 1.82) is 0 Å². The number of fused-ring (bicyclic) bond motifs is 1. The number of carbonyl (C=O) groups is 1. The molecule has 5 nitrogen and oxygen atoms in total. The fraction of sp³-hybridized carbons (Fsp3) is 0.200. The molecule has 1 N–H and O–H groups in total. The zero-order valence-electron chi connectivity index (χ0n) is 17.2. The number of hydrogen-bond donors (Lipinski definition) is 1. The molecule has 0 aliphatic carbocycles. The molecule has 4 aromatic rings. The van der Waals surface area contributed by atoms with E-state index in [2.05, 4.69) is 14.7 Å².